The molecule has 2 heterocycles. The summed E-state index contributed by atoms with van der Waals surface area (Å²) in [4.78, 5) is 26.5. The first-order chi connectivity index (χ1) is 10.6. The molecule has 1 saturated carbocycles. The highest BCUT2D eigenvalue weighted by Crippen LogP contribution is 2.42. The molecule has 3 rings (SSSR count). The lowest BCUT2D eigenvalue weighted by Gasteiger charge is -2.45. The third-order valence-corrected chi connectivity index (χ3v) is 6.87. The number of thioether (sulfide) groups is 1. The van der Waals surface area contributed by atoms with Crippen molar-refractivity contribution >= 4 is 23.7 Å². The molecule has 5 nitrogen and oxygen atoms in total. The molecular formula is C16H27N3O2S. The number of hydrogen-bond acceptors (Lipinski definition) is 3. The standard InChI is InChI=1S/C16H27N3O2S/c1-12-5-8-17-14(20)13(12)18-15(21)19-9-10-22-16(11-19)6-3-2-4-7-16/h12-13H,2-11H2,1H3,(H,17,20)(H,18,21). The maximum atomic E-state index is 12.6. The predicted octanol–water partition coefficient (Wildman–Crippen LogP) is 1.97. The van der Waals surface area contributed by atoms with Gasteiger partial charge in [0.05, 0.1) is 0 Å². The minimum Gasteiger partial charge on any atom is -0.354 e. The van der Waals surface area contributed by atoms with Crippen molar-refractivity contribution in [2.75, 3.05) is 25.4 Å². The Bertz CT molecular complexity index is 432. The molecule has 2 aliphatic heterocycles. The Balaban J connectivity index is 1.60. The van der Waals surface area contributed by atoms with Crippen LogP contribution >= 0.6 is 11.8 Å². The van der Waals surface area contributed by atoms with Gasteiger partial charge in [-0.25, -0.2) is 4.79 Å². The molecule has 6 heteroatoms. The SMILES string of the molecule is CC1CCNC(=O)C1NC(=O)N1CCSC2(CCCCC2)C1. The molecule has 0 aromatic carbocycles. The lowest BCUT2D eigenvalue weighted by Crippen LogP contribution is -2.59. The van der Waals surface area contributed by atoms with Gasteiger partial charge in [0.15, 0.2) is 0 Å². The van der Waals surface area contributed by atoms with Gasteiger partial charge in [0.2, 0.25) is 5.91 Å². The maximum Gasteiger partial charge on any atom is 0.318 e. The number of hydrogen-bond donors (Lipinski definition) is 2. The smallest absolute Gasteiger partial charge is 0.318 e. The third kappa shape index (κ3) is 3.36. The summed E-state index contributed by atoms with van der Waals surface area (Å²) in [5.41, 5.74) is 0. The third-order valence-electron chi connectivity index (χ3n) is 5.33. The van der Waals surface area contributed by atoms with E-state index in [0.717, 1.165) is 31.8 Å². The number of rotatable bonds is 1. The van der Waals surface area contributed by atoms with E-state index in [0.29, 0.717) is 0 Å². The van der Waals surface area contributed by atoms with Crippen molar-refractivity contribution in [3.05, 3.63) is 0 Å². The number of amides is 3. The van der Waals surface area contributed by atoms with E-state index >= 15 is 0 Å². The molecule has 1 aliphatic carbocycles. The molecule has 124 valence electrons. The van der Waals surface area contributed by atoms with Gasteiger partial charge in [-0.05, 0) is 25.2 Å². The van der Waals surface area contributed by atoms with Crippen LogP contribution in [0.5, 0.6) is 0 Å². The minimum absolute atomic E-state index is 0.0362. The zero-order valence-electron chi connectivity index (χ0n) is 13.4. The van der Waals surface area contributed by atoms with Crippen LogP contribution in [0, 0.1) is 5.92 Å². The normalized spacial score (nSPS) is 31.7. The van der Waals surface area contributed by atoms with E-state index in [-0.39, 0.29) is 28.6 Å². The van der Waals surface area contributed by atoms with E-state index in [4.69, 9.17) is 0 Å². The van der Waals surface area contributed by atoms with Crippen molar-refractivity contribution in [2.45, 2.75) is 56.2 Å². The molecule has 0 aromatic heterocycles. The Kier molecular flexibility index (Phi) is 4.85. The second kappa shape index (κ2) is 6.69. The monoisotopic (exact) mass is 325 g/mol. The molecule has 2 N–H and O–H groups in total. The average Bonchev–Trinajstić information content (AvgIpc) is 2.52. The largest absolute Gasteiger partial charge is 0.354 e. The Hall–Kier alpha value is -0.910. The summed E-state index contributed by atoms with van der Waals surface area (Å²) in [6.45, 7) is 4.39. The zero-order valence-corrected chi connectivity index (χ0v) is 14.2. The quantitative estimate of drug-likeness (QED) is 0.775. The molecule has 3 amide bonds. The maximum absolute atomic E-state index is 12.6. The van der Waals surface area contributed by atoms with Crippen LogP contribution in [0.3, 0.4) is 0 Å². The van der Waals surface area contributed by atoms with Gasteiger partial charge < -0.3 is 15.5 Å². The van der Waals surface area contributed by atoms with E-state index in [1.807, 2.05) is 11.8 Å². The van der Waals surface area contributed by atoms with Crippen LogP contribution < -0.4 is 10.6 Å². The van der Waals surface area contributed by atoms with Crippen LogP contribution in [0.4, 0.5) is 4.79 Å². The molecule has 1 spiro atoms. The highest BCUT2D eigenvalue weighted by Gasteiger charge is 2.40. The summed E-state index contributed by atoms with van der Waals surface area (Å²) in [7, 11) is 0. The van der Waals surface area contributed by atoms with Crippen LogP contribution in [-0.2, 0) is 4.79 Å². The molecule has 2 saturated heterocycles. The van der Waals surface area contributed by atoms with Crippen LogP contribution in [-0.4, -0.2) is 53.0 Å². The van der Waals surface area contributed by atoms with Crippen molar-refractivity contribution < 1.29 is 9.59 Å². The first-order valence-electron chi connectivity index (χ1n) is 8.57. The van der Waals surface area contributed by atoms with Gasteiger partial charge in [0.25, 0.3) is 0 Å². The molecule has 2 atom stereocenters. The number of carbonyl (C=O) groups is 2. The zero-order chi connectivity index (χ0) is 15.6. The van der Waals surface area contributed by atoms with E-state index < -0.39 is 0 Å². The fraction of sp³-hybridized carbons (Fsp3) is 0.875. The summed E-state index contributed by atoms with van der Waals surface area (Å²) < 4.78 is 0.272. The Labute approximate surface area is 137 Å². The van der Waals surface area contributed by atoms with Gasteiger partial charge in [-0.2, -0.15) is 11.8 Å². The molecule has 0 bridgehead atoms. The van der Waals surface area contributed by atoms with Crippen LogP contribution in [0.15, 0.2) is 0 Å². The van der Waals surface area contributed by atoms with E-state index in [2.05, 4.69) is 22.4 Å². The van der Waals surface area contributed by atoms with Gasteiger partial charge in [0, 0.05) is 30.1 Å². The fourth-order valence-electron chi connectivity index (χ4n) is 3.91. The van der Waals surface area contributed by atoms with Crippen LogP contribution in [0.2, 0.25) is 0 Å². The van der Waals surface area contributed by atoms with Crippen molar-refractivity contribution in [1.29, 1.82) is 0 Å². The molecular weight excluding hydrogens is 298 g/mol. The minimum atomic E-state index is -0.377. The Morgan fingerprint density at radius 1 is 1.36 bits per heavy atom. The van der Waals surface area contributed by atoms with Crippen molar-refractivity contribution in [2.24, 2.45) is 5.92 Å². The number of nitrogens with zero attached hydrogens (tertiary/aromatic N) is 1. The number of carbonyl (C=O) groups excluding carboxylic acids is 2. The second-order valence-electron chi connectivity index (χ2n) is 7.00. The highest BCUT2D eigenvalue weighted by atomic mass is 32.2. The summed E-state index contributed by atoms with van der Waals surface area (Å²) in [5, 5.41) is 5.83. The van der Waals surface area contributed by atoms with Crippen LogP contribution in [0.1, 0.15) is 45.4 Å². The topological polar surface area (TPSA) is 61.4 Å². The summed E-state index contributed by atoms with van der Waals surface area (Å²) in [5.74, 6) is 1.19. The molecule has 22 heavy (non-hydrogen) atoms. The molecule has 0 radical (unpaired) electrons. The molecule has 2 unspecified atom stereocenters. The summed E-state index contributed by atoms with van der Waals surface area (Å²) in [6, 6.07) is -0.433. The van der Waals surface area contributed by atoms with Gasteiger partial charge in [-0.15, -0.1) is 0 Å². The van der Waals surface area contributed by atoms with Gasteiger partial charge >= 0.3 is 6.03 Å². The predicted molar refractivity (Wildman–Crippen MR) is 89.0 cm³/mol. The van der Waals surface area contributed by atoms with E-state index in [9.17, 15) is 9.59 Å². The van der Waals surface area contributed by atoms with E-state index in [1.54, 1.807) is 0 Å². The lowest BCUT2D eigenvalue weighted by molar-refractivity contribution is -0.125. The first-order valence-corrected chi connectivity index (χ1v) is 9.55. The Morgan fingerprint density at radius 2 is 2.14 bits per heavy atom. The molecule has 3 aliphatic rings. The van der Waals surface area contributed by atoms with Crippen LogP contribution in [0.25, 0.3) is 0 Å². The first kappa shape index (κ1) is 16.0. The molecule has 3 fully saturated rings. The van der Waals surface area contributed by atoms with Gasteiger partial charge in [0.1, 0.15) is 6.04 Å². The Morgan fingerprint density at radius 3 is 2.86 bits per heavy atom. The number of piperidine rings is 1. The fourth-order valence-corrected chi connectivity index (χ4v) is 5.48. The van der Waals surface area contributed by atoms with E-state index in [1.165, 1.54) is 32.1 Å². The highest BCUT2D eigenvalue weighted by molar-refractivity contribution is 8.00. The van der Waals surface area contributed by atoms with Crippen molar-refractivity contribution in [1.82, 2.24) is 15.5 Å². The number of nitrogens with one attached hydrogen (secondary N) is 2. The second-order valence-corrected chi connectivity index (χ2v) is 8.56. The number of urea groups is 1. The van der Waals surface area contributed by atoms with Crippen molar-refractivity contribution in [3.8, 4) is 0 Å². The summed E-state index contributed by atoms with van der Waals surface area (Å²) >= 11 is 2.05. The average molecular weight is 325 g/mol. The van der Waals surface area contributed by atoms with Gasteiger partial charge in [-0.3, -0.25) is 4.79 Å². The molecule has 0 aromatic rings. The van der Waals surface area contributed by atoms with Gasteiger partial charge in [-0.1, -0.05) is 26.2 Å². The summed E-state index contributed by atoms with van der Waals surface area (Å²) in [6.07, 6.45) is 7.27. The van der Waals surface area contributed by atoms with Crippen molar-refractivity contribution in [3.63, 3.8) is 0 Å². The lowest BCUT2D eigenvalue weighted by atomic mass is 9.87.